The predicted octanol–water partition coefficient (Wildman–Crippen LogP) is 2.85. The zero-order valence-electron chi connectivity index (χ0n) is 13.7. The largest absolute Gasteiger partial charge is 0.450 e. The molecular formula is C19H18N2O4. The number of benzene rings is 1. The second kappa shape index (κ2) is 5.18. The van der Waals surface area contributed by atoms with Crippen LogP contribution in [0, 0.1) is 0 Å². The van der Waals surface area contributed by atoms with E-state index in [9.17, 15) is 9.59 Å². The summed E-state index contributed by atoms with van der Waals surface area (Å²) in [6, 6.07) is 9.31. The van der Waals surface area contributed by atoms with Crippen LogP contribution in [0.3, 0.4) is 0 Å². The quantitative estimate of drug-likeness (QED) is 0.787. The van der Waals surface area contributed by atoms with Crippen LogP contribution in [-0.4, -0.2) is 35.0 Å². The number of amides is 1. The molecule has 3 aliphatic rings. The van der Waals surface area contributed by atoms with Gasteiger partial charge in [-0.3, -0.25) is 4.79 Å². The molecule has 6 nitrogen and oxygen atoms in total. The van der Waals surface area contributed by atoms with E-state index in [1.807, 2.05) is 18.2 Å². The summed E-state index contributed by atoms with van der Waals surface area (Å²) in [4.78, 5) is 26.6. The van der Waals surface area contributed by atoms with Crippen molar-refractivity contribution in [3.05, 3.63) is 52.9 Å². The third kappa shape index (κ3) is 2.27. The molecule has 1 spiro atoms. The van der Waals surface area contributed by atoms with Gasteiger partial charge in [0.2, 0.25) is 0 Å². The lowest BCUT2D eigenvalue weighted by Crippen LogP contribution is -2.45. The Morgan fingerprint density at radius 2 is 1.96 bits per heavy atom. The average molecular weight is 338 g/mol. The highest BCUT2D eigenvalue weighted by molar-refractivity contribution is 5.95. The molecule has 2 aromatic rings. The van der Waals surface area contributed by atoms with Gasteiger partial charge < -0.3 is 14.2 Å². The fourth-order valence-electron chi connectivity index (χ4n) is 3.90. The summed E-state index contributed by atoms with van der Waals surface area (Å²) in [6.07, 6.45) is 3.43. The van der Waals surface area contributed by atoms with E-state index in [-0.39, 0.29) is 11.9 Å². The first-order valence-corrected chi connectivity index (χ1v) is 8.75. The van der Waals surface area contributed by atoms with E-state index < -0.39 is 5.60 Å². The second-order valence-electron chi connectivity index (χ2n) is 7.11. The smallest absolute Gasteiger partial charge is 0.339 e. The molecule has 0 bridgehead atoms. The molecule has 2 fully saturated rings. The van der Waals surface area contributed by atoms with E-state index in [0.29, 0.717) is 43.1 Å². The van der Waals surface area contributed by atoms with Gasteiger partial charge in [0.25, 0.3) is 5.91 Å². The van der Waals surface area contributed by atoms with Crippen molar-refractivity contribution in [2.24, 2.45) is 0 Å². The van der Waals surface area contributed by atoms with Gasteiger partial charge in [-0.25, -0.2) is 4.79 Å². The summed E-state index contributed by atoms with van der Waals surface area (Å²) >= 11 is 0. The van der Waals surface area contributed by atoms with E-state index >= 15 is 0 Å². The minimum absolute atomic E-state index is 0.108. The van der Waals surface area contributed by atoms with Crippen LogP contribution in [0.15, 0.2) is 34.9 Å². The monoisotopic (exact) mass is 338 g/mol. The summed E-state index contributed by atoms with van der Waals surface area (Å²) in [7, 11) is 0. The second-order valence-corrected chi connectivity index (χ2v) is 7.11. The Kier molecular flexibility index (Phi) is 3.04. The number of ether oxygens (including phenoxy) is 1. The molecule has 128 valence electrons. The SMILES string of the molecule is O=C1OC2(CCN(C(=O)c3cc(C4CC4)on3)CC2)c2ccccc21. The Hall–Kier alpha value is -2.63. The molecule has 0 unspecified atom stereocenters. The number of piperidine rings is 1. The normalized spacial score (nSPS) is 21.3. The van der Waals surface area contributed by atoms with Gasteiger partial charge in [-0.15, -0.1) is 0 Å². The van der Waals surface area contributed by atoms with Crippen LogP contribution in [0.2, 0.25) is 0 Å². The van der Waals surface area contributed by atoms with Gasteiger partial charge in [-0.1, -0.05) is 23.4 Å². The lowest BCUT2D eigenvalue weighted by atomic mass is 9.83. The Morgan fingerprint density at radius 1 is 1.20 bits per heavy atom. The highest BCUT2D eigenvalue weighted by Crippen LogP contribution is 2.44. The molecule has 1 aromatic heterocycles. The van der Waals surface area contributed by atoms with Crippen LogP contribution in [0.4, 0.5) is 0 Å². The highest BCUT2D eigenvalue weighted by Gasteiger charge is 2.47. The Morgan fingerprint density at radius 3 is 2.72 bits per heavy atom. The maximum atomic E-state index is 12.7. The maximum Gasteiger partial charge on any atom is 0.339 e. The lowest BCUT2D eigenvalue weighted by molar-refractivity contribution is -0.0390. The fourth-order valence-corrected chi connectivity index (χ4v) is 3.90. The molecule has 1 saturated heterocycles. The number of hydrogen-bond acceptors (Lipinski definition) is 5. The number of carbonyl (C=O) groups is 2. The number of nitrogens with zero attached hydrogens (tertiary/aromatic N) is 2. The van der Waals surface area contributed by atoms with E-state index in [1.54, 1.807) is 17.0 Å². The minimum Gasteiger partial charge on any atom is -0.450 e. The summed E-state index contributed by atoms with van der Waals surface area (Å²) in [5.41, 5.74) is 1.38. The minimum atomic E-state index is -0.590. The molecule has 1 aromatic carbocycles. The Balaban J connectivity index is 1.33. The van der Waals surface area contributed by atoms with Crippen molar-refractivity contribution in [1.29, 1.82) is 0 Å². The molecule has 1 aliphatic carbocycles. The molecule has 25 heavy (non-hydrogen) atoms. The number of likely N-dealkylation sites (tertiary alicyclic amines) is 1. The summed E-state index contributed by atoms with van der Waals surface area (Å²) in [5, 5.41) is 3.94. The molecule has 6 heteroatoms. The molecular weight excluding hydrogens is 320 g/mol. The number of aromatic nitrogens is 1. The van der Waals surface area contributed by atoms with Gasteiger partial charge in [0, 0.05) is 43.5 Å². The Bertz CT molecular complexity index is 860. The van der Waals surface area contributed by atoms with E-state index in [4.69, 9.17) is 9.26 Å². The van der Waals surface area contributed by atoms with Crippen LogP contribution >= 0.6 is 0 Å². The van der Waals surface area contributed by atoms with E-state index in [1.165, 1.54) is 0 Å². The number of carbonyl (C=O) groups excluding carboxylic acids is 2. The fraction of sp³-hybridized carbons (Fsp3) is 0.421. The average Bonchev–Trinajstić information content (AvgIpc) is 3.31. The number of hydrogen-bond donors (Lipinski definition) is 0. The molecule has 0 N–H and O–H groups in total. The third-order valence-electron chi connectivity index (χ3n) is 5.51. The van der Waals surface area contributed by atoms with Crippen molar-refractivity contribution in [3.8, 4) is 0 Å². The summed E-state index contributed by atoms with van der Waals surface area (Å²) < 4.78 is 11.0. The van der Waals surface area contributed by atoms with Gasteiger partial charge >= 0.3 is 5.97 Å². The van der Waals surface area contributed by atoms with Crippen LogP contribution < -0.4 is 0 Å². The molecule has 1 amide bonds. The van der Waals surface area contributed by atoms with Gasteiger partial charge in [-0.2, -0.15) is 0 Å². The first kappa shape index (κ1) is 14.7. The van der Waals surface area contributed by atoms with Crippen molar-refractivity contribution >= 4 is 11.9 Å². The first-order chi connectivity index (χ1) is 12.2. The van der Waals surface area contributed by atoms with E-state index in [2.05, 4.69) is 5.16 Å². The number of rotatable bonds is 2. The molecule has 1 saturated carbocycles. The van der Waals surface area contributed by atoms with Gasteiger partial charge in [0.15, 0.2) is 5.69 Å². The standard InChI is InChI=1S/C19H18N2O4/c22-17(15-11-16(25-20-15)12-5-6-12)21-9-7-19(8-10-21)14-4-2-1-3-13(14)18(23)24-19/h1-4,11-12H,5-10H2. The van der Waals surface area contributed by atoms with Crippen LogP contribution in [0.5, 0.6) is 0 Å². The van der Waals surface area contributed by atoms with Crippen LogP contribution in [-0.2, 0) is 10.3 Å². The number of esters is 1. The molecule has 3 heterocycles. The van der Waals surface area contributed by atoms with Crippen LogP contribution in [0.1, 0.15) is 63.8 Å². The van der Waals surface area contributed by atoms with Crippen molar-refractivity contribution in [2.75, 3.05) is 13.1 Å². The van der Waals surface area contributed by atoms with Gasteiger partial charge in [0.05, 0.1) is 5.56 Å². The van der Waals surface area contributed by atoms with Crippen molar-refractivity contribution in [3.63, 3.8) is 0 Å². The highest BCUT2D eigenvalue weighted by atomic mass is 16.6. The first-order valence-electron chi connectivity index (χ1n) is 8.75. The lowest BCUT2D eigenvalue weighted by Gasteiger charge is -2.38. The Labute approximate surface area is 144 Å². The topological polar surface area (TPSA) is 72.6 Å². The van der Waals surface area contributed by atoms with E-state index in [0.717, 1.165) is 24.2 Å². The summed E-state index contributed by atoms with van der Waals surface area (Å²) in [6.45, 7) is 1.07. The summed E-state index contributed by atoms with van der Waals surface area (Å²) in [5.74, 6) is 0.882. The van der Waals surface area contributed by atoms with Gasteiger partial charge in [0.1, 0.15) is 11.4 Å². The zero-order valence-corrected chi connectivity index (χ0v) is 13.7. The van der Waals surface area contributed by atoms with Gasteiger partial charge in [-0.05, 0) is 18.9 Å². The predicted molar refractivity (Wildman–Crippen MR) is 87.2 cm³/mol. The number of fused-ring (bicyclic) bond motifs is 2. The molecule has 5 rings (SSSR count). The molecule has 0 radical (unpaired) electrons. The van der Waals surface area contributed by atoms with Crippen molar-refractivity contribution in [2.45, 2.75) is 37.2 Å². The van der Waals surface area contributed by atoms with Crippen LogP contribution in [0.25, 0.3) is 0 Å². The molecule has 2 aliphatic heterocycles. The van der Waals surface area contributed by atoms with Crippen molar-refractivity contribution in [1.82, 2.24) is 10.1 Å². The molecule has 0 atom stereocenters. The maximum absolute atomic E-state index is 12.7. The third-order valence-corrected chi connectivity index (χ3v) is 5.51. The zero-order chi connectivity index (χ0) is 17.0. The van der Waals surface area contributed by atoms with Crippen molar-refractivity contribution < 1.29 is 18.8 Å².